The van der Waals surface area contributed by atoms with Crippen molar-refractivity contribution in [2.45, 2.75) is 31.4 Å². The molecule has 2 aliphatic heterocycles. The highest BCUT2D eigenvalue weighted by Gasteiger charge is 2.49. The normalized spacial score (nSPS) is 24.8. The van der Waals surface area contributed by atoms with Crippen LogP contribution in [0.5, 0.6) is 0 Å². The maximum atomic E-state index is 13.1. The number of fused-ring (bicyclic) bond motifs is 1. The van der Waals surface area contributed by atoms with Gasteiger partial charge in [0.05, 0.1) is 18.1 Å². The second-order valence-electron chi connectivity index (χ2n) is 7.61. The molecule has 5 nitrogen and oxygen atoms in total. The molecule has 2 aromatic carbocycles. The second-order valence-corrected chi connectivity index (χ2v) is 7.61. The minimum Gasteiger partial charge on any atom is -0.363 e. The molecule has 0 aliphatic carbocycles. The summed E-state index contributed by atoms with van der Waals surface area (Å²) in [6, 6.07) is 15.3. The van der Waals surface area contributed by atoms with E-state index in [-0.39, 0.29) is 36.7 Å². The van der Waals surface area contributed by atoms with Gasteiger partial charge < -0.3 is 14.5 Å². The van der Waals surface area contributed by atoms with Crippen LogP contribution in [-0.4, -0.2) is 48.1 Å². The van der Waals surface area contributed by atoms with E-state index in [1.165, 1.54) is 12.1 Å². The summed E-state index contributed by atoms with van der Waals surface area (Å²) in [5.41, 5.74) is 1.10. The van der Waals surface area contributed by atoms with E-state index in [2.05, 4.69) is 0 Å². The van der Waals surface area contributed by atoms with Crippen LogP contribution in [0.1, 0.15) is 18.9 Å². The fourth-order valence-electron chi connectivity index (χ4n) is 4.04. The summed E-state index contributed by atoms with van der Waals surface area (Å²) >= 11 is 0. The van der Waals surface area contributed by atoms with Crippen molar-refractivity contribution in [1.29, 1.82) is 0 Å². The second kappa shape index (κ2) is 7.36. The van der Waals surface area contributed by atoms with Gasteiger partial charge in [-0.25, -0.2) is 4.39 Å². The summed E-state index contributed by atoms with van der Waals surface area (Å²) in [7, 11) is 0. The summed E-state index contributed by atoms with van der Waals surface area (Å²) in [5.74, 6) is -0.442. The molecule has 0 aromatic heterocycles. The molecule has 0 radical (unpaired) electrons. The van der Waals surface area contributed by atoms with Crippen LogP contribution < -0.4 is 4.90 Å². The first-order chi connectivity index (χ1) is 13.5. The van der Waals surface area contributed by atoms with Gasteiger partial charge in [0.2, 0.25) is 5.91 Å². The highest BCUT2D eigenvalue weighted by atomic mass is 19.1. The lowest BCUT2D eigenvalue weighted by molar-refractivity contribution is -0.156. The van der Waals surface area contributed by atoms with Crippen molar-refractivity contribution in [2.24, 2.45) is 0 Å². The fourth-order valence-corrected chi connectivity index (χ4v) is 4.04. The Morgan fingerprint density at radius 2 is 1.89 bits per heavy atom. The first kappa shape index (κ1) is 18.6. The van der Waals surface area contributed by atoms with Crippen LogP contribution in [0, 0.1) is 5.82 Å². The number of anilines is 1. The number of ether oxygens (including phenoxy) is 1. The zero-order chi connectivity index (χ0) is 19.7. The molecule has 2 aromatic rings. The molecule has 2 saturated heterocycles. The third kappa shape index (κ3) is 3.52. The van der Waals surface area contributed by atoms with E-state index < -0.39 is 5.60 Å². The van der Waals surface area contributed by atoms with Gasteiger partial charge in [0.15, 0.2) is 0 Å². The molecule has 0 unspecified atom stereocenters. The number of benzene rings is 2. The molecular formula is C22H23FN2O3. The van der Waals surface area contributed by atoms with Gasteiger partial charge >= 0.3 is 0 Å². The van der Waals surface area contributed by atoms with Crippen molar-refractivity contribution in [1.82, 2.24) is 4.90 Å². The van der Waals surface area contributed by atoms with Crippen LogP contribution in [0.3, 0.4) is 0 Å². The number of amides is 2. The third-order valence-electron chi connectivity index (χ3n) is 5.74. The summed E-state index contributed by atoms with van der Waals surface area (Å²) in [6.07, 6.45) is 0.868. The molecule has 4 rings (SSSR count). The number of para-hydroxylation sites is 1. The van der Waals surface area contributed by atoms with Crippen molar-refractivity contribution in [3.05, 3.63) is 66.0 Å². The van der Waals surface area contributed by atoms with Crippen LogP contribution in [0.15, 0.2) is 54.6 Å². The highest BCUT2D eigenvalue weighted by molar-refractivity contribution is 5.96. The molecule has 2 amide bonds. The summed E-state index contributed by atoms with van der Waals surface area (Å²) < 4.78 is 19.0. The Hall–Kier alpha value is -2.73. The number of morpholine rings is 1. The zero-order valence-corrected chi connectivity index (χ0v) is 15.8. The molecule has 0 bridgehead atoms. The largest absolute Gasteiger partial charge is 0.363 e. The van der Waals surface area contributed by atoms with Crippen molar-refractivity contribution in [3.63, 3.8) is 0 Å². The molecule has 2 atom stereocenters. The monoisotopic (exact) mass is 382 g/mol. The molecular weight excluding hydrogens is 359 g/mol. The number of hydrogen-bond donors (Lipinski definition) is 0. The maximum absolute atomic E-state index is 13.1. The Balaban J connectivity index is 1.55. The molecule has 28 heavy (non-hydrogen) atoms. The minimum atomic E-state index is -0.490. The number of piperidine rings is 1. The van der Waals surface area contributed by atoms with Crippen molar-refractivity contribution in [2.75, 3.05) is 24.6 Å². The van der Waals surface area contributed by atoms with Gasteiger partial charge in [-0.3, -0.25) is 9.59 Å². The van der Waals surface area contributed by atoms with Gasteiger partial charge in [-0.05, 0) is 43.2 Å². The molecule has 2 heterocycles. The van der Waals surface area contributed by atoms with Gasteiger partial charge in [-0.1, -0.05) is 30.3 Å². The van der Waals surface area contributed by atoms with E-state index in [0.717, 1.165) is 11.3 Å². The SMILES string of the molecule is C[C@@]12CCN(C(=O)Cc3ccc(F)cc3)C[C@H]1N(c1ccccc1)C(=O)CO2. The van der Waals surface area contributed by atoms with Crippen LogP contribution in [0.2, 0.25) is 0 Å². The number of nitrogens with zero attached hydrogens (tertiary/aromatic N) is 2. The fraction of sp³-hybridized carbons (Fsp3) is 0.364. The standard InChI is InChI=1S/C22H23FN2O3/c1-22-11-12-24(20(26)13-16-7-9-17(23)10-8-16)14-19(22)25(21(27)15-28-22)18-5-3-2-4-6-18/h2-10,19H,11-15H2,1H3/t19-,22-/m1/s1. The molecule has 2 aliphatic rings. The van der Waals surface area contributed by atoms with Crippen LogP contribution in [0.25, 0.3) is 0 Å². The van der Waals surface area contributed by atoms with Gasteiger partial charge in [0.25, 0.3) is 5.91 Å². The van der Waals surface area contributed by atoms with Gasteiger partial charge in [-0.15, -0.1) is 0 Å². The first-order valence-corrected chi connectivity index (χ1v) is 9.49. The lowest BCUT2D eigenvalue weighted by Crippen LogP contribution is -2.68. The lowest BCUT2D eigenvalue weighted by atomic mass is 9.85. The minimum absolute atomic E-state index is 0.0281. The average molecular weight is 382 g/mol. The highest BCUT2D eigenvalue weighted by Crippen LogP contribution is 2.36. The van der Waals surface area contributed by atoms with Crippen LogP contribution in [-0.2, 0) is 20.7 Å². The molecule has 0 N–H and O–H groups in total. The molecule has 146 valence electrons. The Bertz CT molecular complexity index is 871. The van der Waals surface area contributed by atoms with E-state index in [4.69, 9.17) is 4.74 Å². The van der Waals surface area contributed by atoms with E-state index in [1.807, 2.05) is 37.3 Å². The molecule has 6 heteroatoms. The number of likely N-dealkylation sites (tertiary alicyclic amines) is 1. The van der Waals surface area contributed by atoms with Crippen molar-refractivity contribution in [3.8, 4) is 0 Å². The van der Waals surface area contributed by atoms with Crippen molar-refractivity contribution < 1.29 is 18.7 Å². The van der Waals surface area contributed by atoms with Gasteiger partial charge in [0, 0.05) is 18.8 Å². The molecule has 2 fully saturated rings. The Labute approximate surface area is 163 Å². The lowest BCUT2D eigenvalue weighted by Gasteiger charge is -2.52. The molecule has 0 saturated carbocycles. The number of carbonyl (C=O) groups excluding carboxylic acids is 2. The van der Waals surface area contributed by atoms with Gasteiger partial charge in [0.1, 0.15) is 12.4 Å². The van der Waals surface area contributed by atoms with E-state index in [1.54, 1.807) is 21.9 Å². The van der Waals surface area contributed by atoms with E-state index in [0.29, 0.717) is 19.5 Å². The smallest absolute Gasteiger partial charge is 0.253 e. The third-order valence-corrected chi connectivity index (χ3v) is 5.74. The number of rotatable bonds is 3. The van der Waals surface area contributed by atoms with Crippen LogP contribution >= 0.6 is 0 Å². The summed E-state index contributed by atoms with van der Waals surface area (Å²) in [6.45, 7) is 3.05. The van der Waals surface area contributed by atoms with Crippen LogP contribution in [0.4, 0.5) is 10.1 Å². The number of hydrogen-bond acceptors (Lipinski definition) is 3. The first-order valence-electron chi connectivity index (χ1n) is 9.49. The molecule has 0 spiro atoms. The Morgan fingerprint density at radius 3 is 2.61 bits per heavy atom. The van der Waals surface area contributed by atoms with E-state index >= 15 is 0 Å². The number of carbonyl (C=O) groups is 2. The topological polar surface area (TPSA) is 49.9 Å². The van der Waals surface area contributed by atoms with E-state index in [9.17, 15) is 14.0 Å². The Morgan fingerprint density at radius 1 is 1.18 bits per heavy atom. The summed E-state index contributed by atoms with van der Waals surface area (Å²) in [5, 5.41) is 0. The number of halogens is 1. The zero-order valence-electron chi connectivity index (χ0n) is 15.8. The summed E-state index contributed by atoms with van der Waals surface area (Å²) in [4.78, 5) is 29.1. The quantitative estimate of drug-likeness (QED) is 0.820. The predicted molar refractivity (Wildman–Crippen MR) is 103 cm³/mol. The van der Waals surface area contributed by atoms with Crippen molar-refractivity contribution >= 4 is 17.5 Å². The maximum Gasteiger partial charge on any atom is 0.253 e. The average Bonchev–Trinajstić information content (AvgIpc) is 2.70. The van der Waals surface area contributed by atoms with Gasteiger partial charge in [-0.2, -0.15) is 0 Å². The predicted octanol–water partition coefficient (Wildman–Crippen LogP) is 2.79. The Kier molecular flexibility index (Phi) is 4.89.